The lowest BCUT2D eigenvalue weighted by Gasteiger charge is -2.16. The van der Waals surface area contributed by atoms with Gasteiger partial charge in [0.2, 0.25) is 0 Å². The summed E-state index contributed by atoms with van der Waals surface area (Å²) in [6.45, 7) is 2.71. The fraction of sp³-hybridized carbons (Fsp3) is 0.429. The first-order valence-electron chi connectivity index (χ1n) is 8.90. The van der Waals surface area contributed by atoms with Crippen molar-refractivity contribution in [2.45, 2.75) is 32.0 Å². The lowest BCUT2D eigenvalue weighted by Crippen LogP contribution is -2.09. The average Bonchev–Trinajstić information content (AvgIpc) is 2.66. The van der Waals surface area contributed by atoms with Crippen molar-refractivity contribution in [2.24, 2.45) is 5.73 Å². The Morgan fingerprint density at radius 3 is 2.52 bits per heavy atom. The first-order chi connectivity index (χ1) is 12.3. The summed E-state index contributed by atoms with van der Waals surface area (Å²) in [5.41, 5.74) is 7.95. The number of ether oxygens (including phenoxy) is 3. The Hall–Kier alpha value is -1.88. The van der Waals surface area contributed by atoms with Crippen molar-refractivity contribution in [3.63, 3.8) is 0 Å². The second kappa shape index (κ2) is 11.6. The van der Waals surface area contributed by atoms with Crippen LogP contribution >= 0.6 is 0 Å². The number of methoxy groups -OCH3 is 1. The standard InChI is InChI=1S/C21H29NO3/c1-23-21(12-13-22)19-10-7-11-20(16-19)25-15-6-5-14-24-17-18-8-3-2-4-9-18/h2-4,7-11,16,21H,5-6,12-15,17,22H2,1H3. The summed E-state index contributed by atoms with van der Waals surface area (Å²) >= 11 is 0. The number of nitrogens with two attached hydrogens (primary N) is 1. The fourth-order valence-electron chi connectivity index (χ4n) is 2.64. The van der Waals surface area contributed by atoms with E-state index < -0.39 is 0 Å². The summed E-state index contributed by atoms with van der Waals surface area (Å²) in [7, 11) is 1.71. The highest BCUT2D eigenvalue weighted by molar-refractivity contribution is 5.30. The maximum Gasteiger partial charge on any atom is 0.119 e. The maximum atomic E-state index is 5.84. The minimum absolute atomic E-state index is 0.0277. The van der Waals surface area contributed by atoms with Crippen LogP contribution in [-0.4, -0.2) is 26.9 Å². The highest BCUT2D eigenvalue weighted by Crippen LogP contribution is 2.24. The number of hydrogen-bond acceptors (Lipinski definition) is 4. The van der Waals surface area contributed by atoms with Crippen molar-refractivity contribution >= 4 is 0 Å². The zero-order valence-electron chi connectivity index (χ0n) is 15.0. The van der Waals surface area contributed by atoms with E-state index in [9.17, 15) is 0 Å². The highest BCUT2D eigenvalue weighted by atomic mass is 16.5. The van der Waals surface area contributed by atoms with E-state index in [1.807, 2.05) is 42.5 Å². The molecule has 2 N–H and O–H groups in total. The zero-order valence-corrected chi connectivity index (χ0v) is 15.0. The van der Waals surface area contributed by atoms with E-state index >= 15 is 0 Å². The molecule has 1 unspecified atom stereocenters. The molecule has 1 atom stereocenters. The van der Waals surface area contributed by atoms with Gasteiger partial charge in [-0.25, -0.2) is 0 Å². The molecule has 0 aromatic heterocycles. The second-order valence-corrected chi connectivity index (χ2v) is 5.97. The summed E-state index contributed by atoms with van der Waals surface area (Å²) in [5, 5.41) is 0. The average molecular weight is 343 g/mol. The van der Waals surface area contributed by atoms with Gasteiger partial charge < -0.3 is 19.9 Å². The molecule has 0 saturated carbocycles. The summed E-state index contributed by atoms with van der Waals surface area (Å²) in [5.74, 6) is 0.877. The van der Waals surface area contributed by atoms with Crippen LogP contribution in [0.4, 0.5) is 0 Å². The molecule has 25 heavy (non-hydrogen) atoms. The van der Waals surface area contributed by atoms with Gasteiger partial charge in [0.25, 0.3) is 0 Å². The third-order valence-electron chi connectivity index (χ3n) is 4.01. The van der Waals surface area contributed by atoms with E-state index in [0.29, 0.717) is 19.8 Å². The molecule has 0 bridgehead atoms. The zero-order chi connectivity index (χ0) is 17.7. The van der Waals surface area contributed by atoms with Crippen molar-refractivity contribution in [3.8, 4) is 5.75 Å². The van der Waals surface area contributed by atoms with Gasteiger partial charge in [-0.3, -0.25) is 0 Å². The van der Waals surface area contributed by atoms with Crippen LogP contribution in [0.1, 0.15) is 36.5 Å². The van der Waals surface area contributed by atoms with Crippen LogP contribution in [0.2, 0.25) is 0 Å². The lowest BCUT2D eigenvalue weighted by molar-refractivity contribution is 0.0974. The highest BCUT2D eigenvalue weighted by Gasteiger charge is 2.10. The molecule has 0 aliphatic carbocycles. The van der Waals surface area contributed by atoms with Gasteiger partial charge in [0, 0.05) is 13.7 Å². The molecule has 0 saturated heterocycles. The minimum Gasteiger partial charge on any atom is -0.494 e. The molecule has 0 aliphatic rings. The molecule has 4 heteroatoms. The van der Waals surface area contributed by atoms with Crippen molar-refractivity contribution < 1.29 is 14.2 Å². The number of rotatable bonds is 12. The van der Waals surface area contributed by atoms with Crippen LogP contribution in [0.15, 0.2) is 54.6 Å². The van der Waals surface area contributed by atoms with Gasteiger partial charge in [-0.2, -0.15) is 0 Å². The molecule has 0 aliphatic heterocycles. The Kier molecular flexibility index (Phi) is 9.05. The molecule has 0 heterocycles. The van der Waals surface area contributed by atoms with Crippen LogP contribution in [0.5, 0.6) is 5.75 Å². The lowest BCUT2D eigenvalue weighted by atomic mass is 10.1. The van der Waals surface area contributed by atoms with Crippen molar-refractivity contribution in [1.82, 2.24) is 0 Å². The van der Waals surface area contributed by atoms with Gasteiger partial charge in [-0.1, -0.05) is 42.5 Å². The second-order valence-electron chi connectivity index (χ2n) is 5.97. The van der Waals surface area contributed by atoms with Crippen molar-refractivity contribution in [3.05, 3.63) is 65.7 Å². The smallest absolute Gasteiger partial charge is 0.119 e. The Labute approximate surface area is 150 Å². The number of benzene rings is 2. The van der Waals surface area contributed by atoms with Gasteiger partial charge in [0.1, 0.15) is 5.75 Å². The maximum absolute atomic E-state index is 5.84. The molecule has 0 fully saturated rings. The van der Waals surface area contributed by atoms with Crippen LogP contribution in [-0.2, 0) is 16.1 Å². The Bertz CT molecular complexity index is 589. The van der Waals surface area contributed by atoms with Gasteiger partial charge in [0.15, 0.2) is 0 Å². The molecule has 4 nitrogen and oxygen atoms in total. The van der Waals surface area contributed by atoms with E-state index in [-0.39, 0.29) is 6.10 Å². The molecule has 136 valence electrons. The summed E-state index contributed by atoms with van der Waals surface area (Å²) in [4.78, 5) is 0. The third kappa shape index (κ3) is 7.26. The van der Waals surface area contributed by atoms with E-state index in [2.05, 4.69) is 12.1 Å². The molecular weight excluding hydrogens is 314 g/mol. The predicted octanol–water partition coefficient (Wildman–Crippen LogP) is 4.10. The molecule has 2 aromatic carbocycles. The normalized spacial score (nSPS) is 12.1. The monoisotopic (exact) mass is 343 g/mol. The molecular formula is C21H29NO3. The van der Waals surface area contributed by atoms with Crippen LogP contribution in [0.25, 0.3) is 0 Å². The Morgan fingerprint density at radius 2 is 1.76 bits per heavy atom. The van der Waals surface area contributed by atoms with Gasteiger partial charge in [0.05, 0.1) is 19.3 Å². The Balaban J connectivity index is 1.63. The van der Waals surface area contributed by atoms with Crippen LogP contribution in [0, 0.1) is 0 Å². The van der Waals surface area contributed by atoms with Crippen molar-refractivity contribution in [1.29, 1.82) is 0 Å². The summed E-state index contributed by atoms with van der Waals surface area (Å²) in [6.07, 6.45) is 2.79. The predicted molar refractivity (Wildman–Crippen MR) is 101 cm³/mol. The quantitative estimate of drug-likeness (QED) is 0.590. The van der Waals surface area contributed by atoms with Gasteiger partial charge in [-0.15, -0.1) is 0 Å². The number of hydrogen-bond donors (Lipinski definition) is 1. The van der Waals surface area contributed by atoms with Crippen LogP contribution < -0.4 is 10.5 Å². The van der Waals surface area contributed by atoms with E-state index in [1.54, 1.807) is 7.11 Å². The molecule has 0 amide bonds. The number of unbranched alkanes of at least 4 members (excludes halogenated alkanes) is 1. The van der Waals surface area contributed by atoms with E-state index in [1.165, 1.54) is 5.56 Å². The van der Waals surface area contributed by atoms with E-state index in [4.69, 9.17) is 19.9 Å². The molecule has 0 spiro atoms. The first kappa shape index (κ1) is 19.4. The SMILES string of the molecule is COC(CCN)c1cccc(OCCCCOCc2ccccc2)c1. The third-order valence-corrected chi connectivity index (χ3v) is 4.01. The largest absolute Gasteiger partial charge is 0.494 e. The Morgan fingerprint density at radius 1 is 0.960 bits per heavy atom. The fourth-order valence-corrected chi connectivity index (χ4v) is 2.64. The van der Waals surface area contributed by atoms with Gasteiger partial charge >= 0.3 is 0 Å². The molecule has 2 aromatic rings. The molecule has 2 rings (SSSR count). The summed E-state index contributed by atoms with van der Waals surface area (Å²) < 4.78 is 17.0. The topological polar surface area (TPSA) is 53.7 Å². The van der Waals surface area contributed by atoms with Crippen molar-refractivity contribution in [2.75, 3.05) is 26.9 Å². The first-order valence-corrected chi connectivity index (χ1v) is 8.90. The van der Waals surface area contributed by atoms with E-state index in [0.717, 1.165) is 37.2 Å². The van der Waals surface area contributed by atoms with Gasteiger partial charge in [-0.05, 0) is 49.1 Å². The molecule has 0 radical (unpaired) electrons. The minimum atomic E-state index is 0.0277. The van der Waals surface area contributed by atoms with Crippen LogP contribution in [0.3, 0.4) is 0 Å². The summed E-state index contributed by atoms with van der Waals surface area (Å²) in [6, 6.07) is 18.3.